The molecule has 3 rings (SSSR count). The second kappa shape index (κ2) is 8.53. The lowest BCUT2D eigenvalue weighted by molar-refractivity contribution is -0.684. The standard InChI is InChI=1S/C20H19N3O4S/c1-27-18-10-8-16(9-11-18)22-28(25,26)19-7-5-6-17(14-19)21-20(24)15-23-12-3-2-4-13-23/h2-14,22H,15H2,1H3/p+1. The molecule has 2 aromatic carbocycles. The molecule has 0 aliphatic heterocycles. The lowest BCUT2D eigenvalue weighted by Gasteiger charge is -2.10. The van der Waals surface area contributed by atoms with E-state index in [0.717, 1.165) is 0 Å². The van der Waals surface area contributed by atoms with E-state index in [9.17, 15) is 13.2 Å². The Morgan fingerprint density at radius 3 is 2.36 bits per heavy atom. The van der Waals surface area contributed by atoms with Crippen molar-refractivity contribution in [3.05, 3.63) is 79.1 Å². The monoisotopic (exact) mass is 398 g/mol. The Bertz CT molecular complexity index is 1050. The minimum absolute atomic E-state index is 0.0495. The third kappa shape index (κ3) is 5.08. The number of aromatic nitrogens is 1. The minimum atomic E-state index is -3.80. The van der Waals surface area contributed by atoms with Gasteiger partial charge in [-0.2, -0.15) is 4.57 Å². The molecule has 0 atom stereocenters. The highest BCUT2D eigenvalue weighted by molar-refractivity contribution is 7.92. The molecule has 2 N–H and O–H groups in total. The van der Waals surface area contributed by atoms with Crippen LogP contribution in [-0.4, -0.2) is 21.4 Å². The molecule has 8 heteroatoms. The van der Waals surface area contributed by atoms with E-state index in [-0.39, 0.29) is 17.3 Å². The number of carbonyl (C=O) groups is 1. The molecule has 3 aromatic rings. The van der Waals surface area contributed by atoms with Crippen molar-refractivity contribution >= 4 is 27.3 Å². The smallest absolute Gasteiger partial charge is 0.290 e. The molecular weight excluding hydrogens is 378 g/mol. The molecule has 1 amide bonds. The zero-order valence-corrected chi connectivity index (χ0v) is 16.0. The Balaban J connectivity index is 1.71. The van der Waals surface area contributed by atoms with Crippen LogP contribution < -0.4 is 19.3 Å². The molecular formula is C20H20N3O4S+. The number of benzene rings is 2. The number of methoxy groups -OCH3 is 1. The van der Waals surface area contributed by atoms with Gasteiger partial charge in [0.25, 0.3) is 15.9 Å². The molecule has 7 nitrogen and oxygen atoms in total. The quantitative estimate of drug-likeness (QED) is 0.599. The highest BCUT2D eigenvalue weighted by atomic mass is 32.2. The summed E-state index contributed by atoms with van der Waals surface area (Å²) in [5, 5.41) is 2.71. The van der Waals surface area contributed by atoms with Gasteiger partial charge in [-0.25, -0.2) is 8.42 Å². The van der Waals surface area contributed by atoms with Crippen LogP contribution in [0.2, 0.25) is 0 Å². The first-order valence-corrected chi connectivity index (χ1v) is 9.95. The zero-order chi connectivity index (χ0) is 20.0. The molecule has 144 valence electrons. The number of sulfonamides is 1. The van der Waals surface area contributed by atoms with Crippen LogP contribution in [0.4, 0.5) is 11.4 Å². The van der Waals surface area contributed by atoms with Crippen LogP contribution in [0, 0.1) is 0 Å². The van der Waals surface area contributed by atoms with Crippen molar-refractivity contribution in [2.45, 2.75) is 11.4 Å². The maximum absolute atomic E-state index is 12.6. The third-order valence-electron chi connectivity index (χ3n) is 3.87. The first-order chi connectivity index (χ1) is 13.5. The van der Waals surface area contributed by atoms with Gasteiger partial charge in [-0.3, -0.25) is 9.52 Å². The van der Waals surface area contributed by atoms with Gasteiger partial charge in [0.05, 0.1) is 12.0 Å². The first-order valence-electron chi connectivity index (χ1n) is 8.47. The van der Waals surface area contributed by atoms with E-state index in [1.165, 1.54) is 19.2 Å². The number of pyridine rings is 1. The fourth-order valence-electron chi connectivity index (χ4n) is 2.52. The Morgan fingerprint density at radius 2 is 1.68 bits per heavy atom. The van der Waals surface area contributed by atoms with Crippen molar-refractivity contribution in [1.82, 2.24) is 0 Å². The number of hydrogen-bond donors (Lipinski definition) is 2. The second-order valence-electron chi connectivity index (χ2n) is 5.96. The molecule has 1 aromatic heterocycles. The van der Waals surface area contributed by atoms with Crippen LogP contribution in [0.3, 0.4) is 0 Å². The van der Waals surface area contributed by atoms with E-state index in [0.29, 0.717) is 17.1 Å². The highest BCUT2D eigenvalue weighted by Gasteiger charge is 2.16. The fourth-order valence-corrected chi connectivity index (χ4v) is 3.62. The maximum Gasteiger partial charge on any atom is 0.290 e. The van der Waals surface area contributed by atoms with Crippen LogP contribution in [-0.2, 0) is 21.4 Å². The predicted molar refractivity (Wildman–Crippen MR) is 106 cm³/mol. The fraction of sp³-hybridized carbons (Fsp3) is 0.100. The lowest BCUT2D eigenvalue weighted by Crippen LogP contribution is -2.39. The average Bonchev–Trinajstić information content (AvgIpc) is 2.69. The van der Waals surface area contributed by atoms with Crippen LogP contribution in [0.5, 0.6) is 5.75 Å². The van der Waals surface area contributed by atoms with E-state index in [2.05, 4.69) is 10.0 Å². The van der Waals surface area contributed by atoms with Crippen LogP contribution >= 0.6 is 0 Å². The number of nitrogens with zero attached hydrogens (tertiary/aromatic N) is 1. The molecule has 28 heavy (non-hydrogen) atoms. The van der Waals surface area contributed by atoms with E-state index in [4.69, 9.17) is 4.74 Å². The molecule has 0 radical (unpaired) electrons. The van der Waals surface area contributed by atoms with Crippen molar-refractivity contribution < 1.29 is 22.5 Å². The molecule has 0 fully saturated rings. The molecule has 0 aliphatic rings. The number of rotatable bonds is 7. The Hall–Kier alpha value is -3.39. The van der Waals surface area contributed by atoms with Crippen LogP contribution in [0.1, 0.15) is 0 Å². The Labute approximate surface area is 163 Å². The summed E-state index contributed by atoms with van der Waals surface area (Å²) in [5.41, 5.74) is 0.815. The van der Waals surface area contributed by atoms with Crippen molar-refractivity contribution in [2.75, 3.05) is 17.1 Å². The summed E-state index contributed by atoms with van der Waals surface area (Å²) in [6, 6.07) is 18.2. The summed E-state index contributed by atoms with van der Waals surface area (Å²) in [5.74, 6) is 0.373. The van der Waals surface area contributed by atoms with Gasteiger partial charge in [0.1, 0.15) is 5.75 Å². The summed E-state index contributed by atoms with van der Waals surface area (Å²) in [6.45, 7) is 0.127. The number of hydrogen-bond acceptors (Lipinski definition) is 4. The predicted octanol–water partition coefficient (Wildman–Crippen LogP) is 2.42. The van der Waals surface area contributed by atoms with Gasteiger partial charge in [-0.05, 0) is 42.5 Å². The van der Waals surface area contributed by atoms with E-state index in [1.807, 2.05) is 18.2 Å². The van der Waals surface area contributed by atoms with E-state index < -0.39 is 10.0 Å². The number of amides is 1. The second-order valence-corrected chi connectivity index (χ2v) is 7.64. The minimum Gasteiger partial charge on any atom is -0.497 e. The van der Waals surface area contributed by atoms with Gasteiger partial charge in [-0.15, -0.1) is 0 Å². The Morgan fingerprint density at radius 1 is 0.964 bits per heavy atom. The molecule has 0 aliphatic carbocycles. The molecule has 0 saturated heterocycles. The average molecular weight is 398 g/mol. The van der Waals surface area contributed by atoms with Crippen molar-refractivity contribution in [1.29, 1.82) is 0 Å². The molecule has 0 spiro atoms. The molecule has 0 unspecified atom stereocenters. The Kier molecular flexibility index (Phi) is 5.90. The molecule has 1 heterocycles. The summed E-state index contributed by atoms with van der Waals surface area (Å²) >= 11 is 0. The highest BCUT2D eigenvalue weighted by Crippen LogP contribution is 2.21. The number of ether oxygens (including phenoxy) is 1. The van der Waals surface area contributed by atoms with Gasteiger partial charge in [0.15, 0.2) is 12.4 Å². The third-order valence-corrected chi connectivity index (χ3v) is 5.25. The van der Waals surface area contributed by atoms with Crippen LogP contribution in [0.25, 0.3) is 0 Å². The molecule has 0 saturated carbocycles. The summed E-state index contributed by atoms with van der Waals surface area (Å²) in [6.07, 6.45) is 3.55. The van der Waals surface area contributed by atoms with Crippen molar-refractivity contribution in [3.8, 4) is 5.75 Å². The van der Waals surface area contributed by atoms with E-state index >= 15 is 0 Å². The lowest BCUT2D eigenvalue weighted by atomic mass is 10.3. The van der Waals surface area contributed by atoms with E-state index in [1.54, 1.807) is 53.4 Å². The topological polar surface area (TPSA) is 88.4 Å². The zero-order valence-electron chi connectivity index (χ0n) is 15.2. The van der Waals surface area contributed by atoms with Crippen molar-refractivity contribution in [3.63, 3.8) is 0 Å². The normalized spacial score (nSPS) is 10.9. The summed E-state index contributed by atoms with van der Waals surface area (Å²) in [4.78, 5) is 12.2. The van der Waals surface area contributed by atoms with Crippen LogP contribution in [0.15, 0.2) is 84.0 Å². The number of carbonyl (C=O) groups excluding carboxylic acids is 1. The summed E-state index contributed by atoms with van der Waals surface area (Å²) in [7, 11) is -2.26. The number of anilines is 2. The summed E-state index contributed by atoms with van der Waals surface area (Å²) < 4.78 is 34.5. The van der Waals surface area contributed by atoms with Crippen molar-refractivity contribution in [2.24, 2.45) is 0 Å². The van der Waals surface area contributed by atoms with Gasteiger partial charge < -0.3 is 10.1 Å². The maximum atomic E-state index is 12.6. The van der Waals surface area contributed by atoms with Gasteiger partial charge >= 0.3 is 0 Å². The first kappa shape index (κ1) is 19.4. The van der Waals surface area contributed by atoms with Gasteiger partial charge in [0.2, 0.25) is 6.54 Å². The largest absolute Gasteiger partial charge is 0.497 e. The SMILES string of the molecule is COc1ccc(NS(=O)(=O)c2cccc(NC(=O)C[n+]3ccccc3)c2)cc1. The van der Waals surface area contributed by atoms with Gasteiger partial charge in [0, 0.05) is 23.5 Å². The van der Waals surface area contributed by atoms with Gasteiger partial charge in [-0.1, -0.05) is 12.1 Å². The number of nitrogens with one attached hydrogen (secondary N) is 2. The molecule has 0 bridgehead atoms.